The minimum atomic E-state index is -0.0571. The molecule has 110 valence electrons. The van der Waals surface area contributed by atoms with Crippen molar-refractivity contribution in [3.63, 3.8) is 0 Å². The number of hydrogen-bond acceptors (Lipinski definition) is 3. The molecule has 1 aromatic rings. The summed E-state index contributed by atoms with van der Waals surface area (Å²) in [7, 11) is 1.63. The van der Waals surface area contributed by atoms with Crippen molar-refractivity contribution in [2.75, 3.05) is 25.1 Å². The van der Waals surface area contributed by atoms with Crippen molar-refractivity contribution in [1.82, 2.24) is 5.32 Å². The molecule has 1 saturated heterocycles. The lowest BCUT2D eigenvalue weighted by molar-refractivity contribution is -0.121. The van der Waals surface area contributed by atoms with E-state index in [1.54, 1.807) is 7.11 Å². The third kappa shape index (κ3) is 3.33. The number of nitrogens with zero attached hydrogens (tertiary/aromatic N) is 1. The summed E-state index contributed by atoms with van der Waals surface area (Å²) in [6, 6.07) is 5.72. The van der Waals surface area contributed by atoms with Crippen LogP contribution in [0.2, 0.25) is 0 Å². The number of carbonyl (C=O) groups excluding carboxylic acids is 1. The molecule has 1 N–H and O–H groups in total. The Bertz CT molecular complexity index is 479. The Morgan fingerprint density at radius 3 is 3.00 bits per heavy atom. The molecule has 0 spiro atoms. The van der Waals surface area contributed by atoms with Crippen LogP contribution in [0.15, 0.2) is 22.7 Å². The largest absolute Gasteiger partial charge is 0.495 e. The molecular formula is C15H21BrN2O2. The molecule has 5 heteroatoms. The summed E-state index contributed by atoms with van der Waals surface area (Å²) in [5, 5.41) is 3.33. The van der Waals surface area contributed by atoms with Crippen molar-refractivity contribution in [2.24, 2.45) is 0 Å². The fourth-order valence-electron chi connectivity index (χ4n) is 2.46. The molecule has 2 rings (SSSR count). The van der Waals surface area contributed by atoms with Gasteiger partial charge in [-0.25, -0.2) is 0 Å². The number of ether oxygens (including phenoxy) is 1. The van der Waals surface area contributed by atoms with Crippen LogP contribution in [-0.2, 0) is 4.79 Å². The number of hydrogen-bond donors (Lipinski definition) is 1. The van der Waals surface area contributed by atoms with Crippen molar-refractivity contribution >= 4 is 27.5 Å². The minimum Gasteiger partial charge on any atom is -0.495 e. The Balaban J connectivity index is 2.16. The van der Waals surface area contributed by atoms with E-state index in [0.717, 1.165) is 48.3 Å². The lowest BCUT2D eigenvalue weighted by Crippen LogP contribution is -2.51. The van der Waals surface area contributed by atoms with Crippen LogP contribution in [0.25, 0.3) is 0 Å². The quantitative estimate of drug-likeness (QED) is 0.895. The normalized spacial score (nSPS) is 19.2. The van der Waals surface area contributed by atoms with Crippen LogP contribution in [0.1, 0.15) is 26.2 Å². The number of methoxy groups -OCH3 is 1. The number of amides is 1. The van der Waals surface area contributed by atoms with Gasteiger partial charge in [0.15, 0.2) is 0 Å². The van der Waals surface area contributed by atoms with Gasteiger partial charge in [-0.05, 0) is 53.9 Å². The van der Waals surface area contributed by atoms with E-state index >= 15 is 0 Å². The monoisotopic (exact) mass is 340 g/mol. The number of anilines is 1. The molecule has 1 aromatic carbocycles. The van der Waals surface area contributed by atoms with Gasteiger partial charge in [0, 0.05) is 18.3 Å². The summed E-state index contributed by atoms with van der Waals surface area (Å²) in [5.41, 5.74) is 0.901. The highest BCUT2D eigenvalue weighted by Crippen LogP contribution is 2.31. The zero-order valence-electron chi connectivity index (χ0n) is 12.0. The average Bonchev–Trinajstić information content (AvgIpc) is 2.47. The molecule has 0 aromatic heterocycles. The Kier molecular flexibility index (Phi) is 5.43. The van der Waals surface area contributed by atoms with Crippen molar-refractivity contribution in [1.29, 1.82) is 0 Å². The van der Waals surface area contributed by atoms with Gasteiger partial charge in [0.25, 0.3) is 0 Å². The minimum absolute atomic E-state index is 0.0571. The zero-order valence-corrected chi connectivity index (χ0v) is 13.6. The SMILES string of the molecule is CCCNC1CCCN(c2ccc(Br)c(OC)c2)C1=O. The second-order valence-corrected chi connectivity index (χ2v) is 5.81. The van der Waals surface area contributed by atoms with Gasteiger partial charge in [-0.15, -0.1) is 0 Å². The Labute approximate surface area is 128 Å². The fourth-order valence-corrected chi connectivity index (χ4v) is 2.86. The number of nitrogens with one attached hydrogen (secondary N) is 1. The molecular weight excluding hydrogens is 320 g/mol. The highest BCUT2D eigenvalue weighted by Gasteiger charge is 2.29. The highest BCUT2D eigenvalue weighted by atomic mass is 79.9. The van der Waals surface area contributed by atoms with E-state index in [2.05, 4.69) is 28.2 Å². The predicted molar refractivity (Wildman–Crippen MR) is 84.4 cm³/mol. The summed E-state index contributed by atoms with van der Waals surface area (Å²) in [5.74, 6) is 0.910. The maximum Gasteiger partial charge on any atom is 0.244 e. The Hall–Kier alpha value is -1.07. The molecule has 1 unspecified atom stereocenters. The molecule has 4 nitrogen and oxygen atoms in total. The van der Waals surface area contributed by atoms with E-state index < -0.39 is 0 Å². The van der Waals surface area contributed by atoms with Crippen LogP contribution in [0.3, 0.4) is 0 Å². The van der Waals surface area contributed by atoms with Crippen LogP contribution < -0.4 is 15.0 Å². The van der Waals surface area contributed by atoms with Gasteiger partial charge in [-0.2, -0.15) is 0 Å². The van der Waals surface area contributed by atoms with Crippen molar-refractivity contribution in [2.45, 2.75) is 32.2 Å². The van der Waals surface area contributed by atoms with Gasteiger partial charge >= 0.3 is 0 Å². The molecule has 20 heavy (non-hydrogen) atoms. The third-order valence-corrected chi connectivity index (χ3v) is 4.18. The Morgan fingerprint density at radius 2 is 2.30 bits per heavy atom. The molecule has 0 radical (unpaired) electrons. The number of benzene rings is 1. The molecule has 1 aliphatic heterocycles. The molecule has 0 bridgehead atoms. The van der Waals surface area contributed by atoms with E-state index in [1.807, 2.05) is 23.1 Å². The fraction of sp³-hybridized carbons (Fsp3) is 0.533. The first kappa shape index (κ1) is 15.3. The predicted octanol–water partition coefficient (Wildman–Crippen LogP) is 2.95. The van der Waals surface area contributed by atoms with Gasteiger partial charge in [-0.3, -0.25) is 4.79 Å². The zero-order chi connectivity index (χ0) is 14.5. The van der Waals surface area contributed by atoms with E-state index in [9.17, 15) is 4.79 Å². The van der Waals surface area contributed by atoms with E-state index in [4.69, 9.17) is 4.74 Å². The number of rotatable bonds is 5. The highest BCUT2D eigenvalue weighted by molar-refractivity contribution is 9.10. The molecule has 0 saturated carbocycles. The maximum absolute atomic E-state index is 12.5. The third-order valence-electron chi connectivity index (χ3n) is 3.53. The second kappa shape index (κ2) is 7.09. The second-order valence-electron chi connectivity index (χ2n) is 4.96. The first-order valence-electron chi connectivity index (χ1n) is 7.05. The lowest BCUT2D eigenvalue weighted by Gasteiger charge is -2.33. The first-order chi connectivity index (χ1) is 9.67. The topological polar surface area (TPSA) is 41.6 Å². The van der Waals surface area contributed by atoms with E-state index in [1.165, 1.54) is 0 Å². The maximum atomic E-state index is 12.5. The number of carbonyl (C=O) groups is 1. The van der Waals surface area contributed by atoms with Gasteiger partial charge in [0.2, 0.25) is 5.91 Å². The first-order valence-corrected chi connectivity index (χ1v) is 7.85. The summed E-state index contributed by atoms with van der Waals surface area (Å²) in [4.78, 5) is 14.4. The van der Waals surface area contributed by atoms with Crippen molar-refractivity contribution < 1.29 is 9.53 Å². The van der Waals surface area contributed by atoms with Crippen molar-refractivity contribution in [3.8, 4) is 5.75 Å². The smallest absolute Gasteiger partial charge is 0.244 e. The van der Waals surface area contributed by atoms with Gasteiger partial charge in [0.05, 0.1) is 17.6 Å². The van der Waals surface area contributed by atoms with Crippen LogP contribution in [-0.4, -0.2) is 32.1 Å². The molecule has 1 atom stereocenters. The van der Waals surface area contributed by atoms with Crippen LogP contribution in [0.4, 0.5) is 5.69 Å². The van der Waals surface area contributed by atoms with E-state index in [-0.39, 0.29) is 11.9 Å². The molecule has 1 heterocycles. The lowest BCUT2D eigenvalue weighted by atomic mass is 10.0. The van der Waals surface area contributed by atoms with E-state index in [0.29, 0.717) is 0 Å². The molecule has 1 fully saturated rings. The average molecular weight is 341 g/mol. The Morgan fingerprint density at radius 1 is 1.50 bits per heavy atom. The van der Waals surface area contributed by atoms with Gasteiger partial charge in [0.1, 0.15) is 5.75 Å². The standard InChI is InChI=1S/C15H21BrN2O2/c1-3-8-17-13-5-4-9-18(15(13)19)11-6-7-12(16)14(10-11)20-2/h6-7,10,13,17H,3-5,8-9H2,1-2H3. The van der Waals surface area contributed by atoms with Crippen LogP contribution in [0, 0.1) is 0 Å². The summed E-state index contributed by atoms with van der Waals surface area (Å²) in [6.07, 6.45) is 2.98. The molecule has 1 amide bonds. The summed E-state index contributed by atoms with van der Waals surface area (Å²) < 4.78 is 6.20. The van der Waals surface area contributed by atoms with Crippen molar-refractivity contribution in [3.05, 3.63) is 22.7 Å². The summed E-state index contributed by atoms with van der Waals surface area (Å²) in [6.45, 7) is 3.76. The molecule has 1 aliphatic rings. The van der Waals surface area contributed by atoms with Crippen LogP contribution >= 0.6 is 15.9 Å². The number of halogens is 1. The van der Waals surface area contributed by atoms with Crippen LogP contribution in [0.5, 0.6) is 5.75 Å². The van der Waals surface area contributed by atoms with Gasteiger partial charge in [-0.1, -0.05) is 6.92 Å². The van der Waals surface area contributed by atoms with Gasteiger partial charge < -0.3 is 15.0 Å². The molecule has 0 aliphatic carbocycles. The number of piperidine rings is 1. The summed E-state index contributed by atoms with van der Waals surface area (Å²) >= 11 is 3.44.